The molecule has 1 aromatic carbocycles. The summed E-state index contributed by atoms with van der Waals surface area (Å²) in [5.41, 5.74) is 2.55. The van der Waals surface area contributed by atoms with Crippen LogP contribution in [-0.2, 0) is 16.4 Å². The van der Waals surface area contributed by atoms with Crippen LogP contribution in [0.4, 0.5) is 8.78 Å². The number of halogens is 2. The third-order valence-electron chi connectivity index (χ3n) is 2.75. The van der Waals surface area contributed by atoms with Gasteiger partial charge in [-0.2, -0.15) is 4.39 Å². The van der Waals surface area contributed by atoms with E-state index in [9.17, 15) is 17.2 Å². The molecule has 2 aromatic rings. The second-order valence-corrected chi connectivity index (χ2v) is 6.66. The van der Waals surface area contributed by atoms with E-state index in [0.717, 1.165) is 22.7 Å². The highest BCUT2D eigenvalue weighted by Gasteiger charge is 2.21. The molecule has 0 spiro atoms. The summed E-state index contributed by atoms with van der Waals surface area (Å²) < 4.78 is 54.5. The Morgan fingerprint density at radius 1 is 1.33 bits per heavy atom. The minimum absolute atomic E-state index is 0.119. The van der Waals surface area contributed by atoms with Gasteiger partial charge in [0, 0.05) is 11.3 Å². The lowest BCUT2D eigenvalue weighted by molar-refractivity contribution is 0.298. The average Bonchev–Trinajstić information content (AvgIpc) is 2.79. The van der Waals surface area contributed by atoms with Crippen LogP contribution in [0.1, 0.15) is 10.6 Å². The quantitative estimate of drug-likeness (QED) is 0.906. The number of hydrogen-bond acceptors (Lipinski definition) is 5. The summed E-state index contributed by atoms with van der Waals surface area (Å²) in [6, 6.07) is 1.92. The monoisotopic (exact) mass is 334 g/mol. The van der Waals surface area contributed by atoms with Gasteiger partial charge in [0.1, 0.15) is 4.90 Å². The average molecular weight is 334 g/mol. The fourth-order valence-electron chi connectivity index (χ4n) is 1.67. The van der Waals surface area contributed by atoms with Crippen LogP contribution in [0, 0.1) is 18.6 Å². The summed E-state index contributed by atoms with van der Waals surface area (Å²) in [6.07, 6.45) is 0.495. The Hall–Kier alpha value is -1.58. The van der Waals surface area contributed by atoms with E-state index in [1.807, 2.05) is 6.92 Å². The molecule has 2 N–H and O–H groups in total. The van der Waals surface area contributed by atoms with Crippen LogP contribution in [-0.4, -0.2) is 20.0 Å². The summed E-state index contributed by atoms with van der Waals surface area (Å²) in [7, 11) is -4.31. The molecule has 5 nitrogen and oxygen atoms in total. The van der Waals surface area contributed by atoms with Crippen molar-refractivity contribution < 1.29 is 21.9 Å². The molecule has 0 atom stereocenters. The maximum atomic E-state index is 13.7. The summed E-state index contributed by atoms with van der Waals surface area (Å²) in [5.74, 6) is -3.27. The van der Waals surface area contributed by atoms with E-state index in [1.165, 1.54) is 11.3 Å². The van der Waals surface area contributed by atoms with Crippen molar-refractivity contribution in [2.75, 3.05) is 6.61 Å². The summed E-state index contributed by atoms with van der Waals surface area (Å²) >= 11 is 1.44. The molecule has 0 saturated carbocycles. The number of aromatic nitrogens is 1. The molecule has 21 heavy (non-hydrogen) atoms. The van der Waals surface area contributed by atoms with E-state index in [0.29, 0.717) is 6.42 Å². The Morgan fingerprint density at radius 2 is 2.05 bits per heavy atom. The number of nitrogens with two attached hydrogens (primary N) is 1. The van der Waals surface area contributed by atoms with Crippen molar-refractivity contribution in [2.45, 2.75) is 18.2 Å². The van der Waals surface area contributed by atoms with Gasteiger partial charge >= 0.3 is 0 Å². The molecule has 9 heteroatoms. The normalized spacial score (nSPS) is 11.6. The molecule has 0 saturated heterocycles. The van der Waals surface area contributed by atoms with Crippen LogP contribution < -0.4 is 9.88 Å². The number of nitrogens with zero attached hydrogens (tertiary/aromatic N) is 1. The fourth-order valence-corrected chi connectivity index (χ4v) is 3.02. The molecule has 0 amide bonds. The molecule has 114 valence electrons. The molecular formula is C12H12F2N2O3S2. The molecule has 0 fully saturated rings. The van der Waals surface area contributed by atoms with Gasteiger partial charge in [-0.1, -0.05) is 0 Å². The van der Waals surface area contributed by atoms with Crippen LogP contribution in [0.5, 0.6) is 5.75 Å². The minimum Gasteiger partial charge on any atom is -0.490 e. The second kappa shape index (κ2) is 6.04. The predicted octanol–water partition coefficient (Wildman–Crippen LogP) is 2.00. The van der Waals surface area contributed by atoms with E-state index in [-0.39, 0.29) is 12.4 Å². The number of thiazole rings is 1. The third kappa shape index (κ3) is 3.55. The van der Waals surface area contributed by atoms with Gasteiger partial charge in [0.25, 0.3) is 0 Å². The summed E-state index contributed by atoms with van der Waals surface area (Å²) in [6.45, 7) is 1.96. The molecule has 0 bridgehead atoms. The van der Waals surface area contributed by atoms with Crippen molar-refractivity contribution in [1.29, 1.82) is 0 Å². The molecule has 0 aliphatic rings. The molecular weight excluding hydrogens is 322 g/mol. The van der Waals surface area contributed by atoms with E-state index in [1.54, 1.807) is 5.51 Å². The molecule has 2 rings (SSSR count). The highest BCUT2D eigenvalue weighted by Crippen LogP contribution is 2.25. The SMILES string of the molecule is Cc1ncsc1CCOc1ccc(S(N)(=O)=O)c(F)c1F. The van der Waals surface area contributed by atoms with E-state index in [2.05, 4.69) is 4.98 Å². The zero-order valence-electron chi connectivity index (χ0n) is 11.0. The van der Waals surface area contributed by atoms with Crippen LogP contribution in [0.3, 0.4) is 0 Å². The van der Waals surface area contributed by atoms with Gasteiger partial charge in [0.15, 0.2) is 11.6 Å². The smallest absolute Gasteiger partial charge is 0.241 e. The number of aryl methyl sites for hydroxylation is 1. The van der Waals surface area contributed by atoms with Gasteiger partial charge in [-0.3, -0.25) is 0 Å². The fraction of sp³-hybridized carbons (Fsp3) is 0.250. The van der Waals surface area contributed by atoms with Gasteiger partial charge in [-0.25, -0.2) is 22.9 Å². The van der Waals surface area contributed by atoms with Crippen molar-refractivity contribution in [1.82, 2.24) is 4.98 Å². The number of ether oxygens (including phenoxy) is 1. The topological polar surface area (TPSA) is 82.3 Å². The zero-order chi connectivity index (χ0) is 15.6. The van der Waals surface area contributed by atoms with E-state index >= 15 is 0 Å². The van der Waals surface area contributed by atoms with Crippen molar-refractivity contribution >= 4 is 21.4 Å². The molecule has 1 aromatic heterocycles. The lowest BCUT2D eigenvalue weighted by Crippen LogP contribution is -2.15. The van der Waals surface area contributed by atoms with Crippen molar-refractivity contribution in [3.8, 4) is 5.75 Å². The third-order valence-corrected chi connectivity index (χ3v) is 4.67. The zero-order valence-corrected chi connectivity index (χ0v) is 12.6. The van der Waals surface area contributed by atoms with E-state index in [4.69, 9.17) is 9.88 Å². The van der Waals surface area contributed by atoms with Crippen molar-refractivity contribution in [3.05, 3.63) is 39.8 Å². The Morgan fingerprint density at radius 3 is 2.62 bits per heavy atom. The minimum atomic E-state index is -4.31. The lowest BCUT2D eigenvalue weighted by atomic mass is 10.3. The first-order valence-electron chi connectivity index (χ1n) is 5.83. The van der Waals surface area contributed by atoms with Gasteiger partial charge in [-0.05, 0) is 19.1 Å². The van der Waals surface area contributed by atoms with Crippen molar-refractivity contribution in [2.24, 2.45) is 5.14 Å². The van der Waals surface area contributed by atoms with Crippen LogP contribution in [0.2, 0.25) is 0 Å². The lowest BCUT2D eigenvalue weighted by Gasteiger charge is -2.09. The standard InChI is InChI=1S/C12H12F2N2O3S2/c1-7-9(20-6-16-7)4-5-19-8-2-3-10(21(15,17)18)12(14)11(8)13/h2-3,6H,4-5H2,1H3,(H2,15,17,18). The molecule has 0 aliphatic carbocycles. The second-order valence-electron chi connectivity index (χ2n) is 4.19. The molecule has 1 heterocycles. The molecule has 0 unspecified atom stereocenters. The highest BCUT2D eigenvalue weighted by molar-refractivity contribution is 7.89. The number of benzene rings is 1. The van der Waals surface area contributed by atoms with Crippen LogP contribution in [0.15, 0.2) is 22.5 Å². The first kappa shape index (κ1) is 15.8. The number of rotatable bonds is 5. The Labute approximate surface area is 124 Å². The maximum absolute atomic E-state index is 13.7. The number of sulfonamides is 1. The largest absolute Gasteiger partial charge is 0.490 e. The summed E-state index contributed by atoms with van der Waals surface area (Å²) in [4.78, 5) is 4.15. The maximum Gasteiger partial charge on any atom is 0.241 e. The number of hydrogen-bond donors (Lipinski definition) is 1. The Bertz CT molecular complexity index is 760. The van der Waals surface area contributed by atoms with Gasteiger partial charge in [-0.15, -0.1) is 11.3 Å². The van der Waals surface area contributed by atoms with Crippen LogP contribution in [0.25, 0.3) is 0 Å². The van der Waals surface area contributed by atoms with Gasteiger partial charge < -0.3 is 4.74 Å². The first-order valence-corrected chi connectivity index (χ1v) is 8.26. The Kier molecular flexibility index (Phi) is 4.55. The Balaban J connectivity index is 2.12. The number of primary sulfonamides is 1. The van der Waals surface area contributed by atoms with Crippen LogP contribution >= 0.6 is 11.3 Å². The summed E-state index contributed by atoms with van der Waals surface area (Å²) in [5, 5.41) is 4.78. The van der Waals surface area contributed by atoms with E-state index < -0.39 is 26.6 Å². The first-order chi connectivity index (χ1) is 9.80. The molecule has 0 aliphatic heterocycles. The van der Waals surface area contributed by atoms with Gasteiger partial charge in [0.05, 0.1) is 17.8 Å². The van der Waals surface area contributed by atoms with Crippen molar-refractivity contribution in [3.63, 3.8) is 0 Å². The molecule has 0 radical (unpaired) electrons. The predicted molar refractivity (Wildman–Crippen MR) is 73.8 cm³/mol. The highest BCUT2D eigenvalue weighted by atomic mass is 32.2. The van der Waals surface area contributed by atoms with Gasteiger partial charge in [0.2, 0.25) is 15.8 Å².